The first-order valence-corrected chi connectivity index (χ1v) is 10.5. The van der Waals surface area contributed by atoms with Crippen LogP contribution in [0.3, 0.4) is 0 Å². The van der Waals surface area contributed by atoms with Crippen LogP contribution in [0.2, 0.25) is 0 Å². The van der Waals surface area contributed by atoms with Gasteiger partial charge in [0.1, 0.15) is 0 Å². The number of carbonyl (C=O) groups is 1. The fourth-order valence-electron chi connectivity index (χ4n) is 5.79. The van der Waals surface area contributed by atoms with Gasteiger partial charge in [-0.3, -0.25) is 0 Å². The molecule has 0 amide bonds. The van der Waals surface area contributed by atoms with E-state index in [0.717, 1.165) is 12.0 Å². The molecule has 0 saturated heterocycles. The van der Waals surface area contributed by atoms with E-state index in [2.05, 4.69) is 34.3 Å². The summed E-state index contributed by atoms with van der Waals surface area (Å²) in [5.41, 5.74) is 2.47. The summed E-state index contributed by atoms with van der Waals surface area (Å²) in [6.07, 6.45) is 7.78. The summed E-state index contributed by atoms with van der Waals surface area (Å²) in [5, 5.41) is 9.66. The number of carbonyl (C=O) groups excluding carboxylic acids is 1. The van der Waals surface area contributed by atoms with Crippen molar-refractivity contribution in [3.05, 3.63) is 42.0 Å². The van der Waals surface area contributed by atoms with Gasteiger partial charge in [-0.05, 0) is 59.3 Å². The van der Waals surface area contributed by atoms with Crippen molar-refractivity contribution >= 4 is 12.0 Å². The molecular weight excluding hydrogens is 364 g/mol. The van der Waals surface area contributed by atoms with Crippen LogP contribution in [0.5, 0.6) is 11.5 Å². The van der Waals surface area contributed by atoms with Crippen LogP contribution in [-0.2, 0) is 9.53 Å². The summed E-state index contributed by atoms with van der Waals surface area (Å²) < 4.78 is 10.7. The Kier molecular flexibility index (Phi) is 5.59. The van der Waals surface area contributed by atoms with Crippen LogP contribution >= 0.6 is 0 Å². The summed E-state index contributed by atoms with van der Waals surface area (Å²) in [6, 6.07) is 4.93. The van der Waals surface area contributed by atoms with Crippen LogP contribution in [0.15, 0.2) is 36.4 Å². The monoisotopic (exact) mass is 398 g/mol. The van der Waals surface area contributed by atoms with Gasteiger partial charge in [-0.2, -0.15) is 0 Å². The van der Waals surface area contributed by atoms with Crippen LogP contribution in [0, 0.1) is 22.2 Å². The molecule has 3 rings (SSSR count). The summed E-state index contributed by atoms with van der Waals surface area (Å²) >= 11 is 0. The molecule has 1 N–H and O–H groups in total. The normalized spacial score (nSPS) is 30.9. The lowest BCUT2D eigenvalue weighted by molar-refractivity contribution is -0.138. The maximum absolute atomic E-state index is 12.3. The summed E-state index contributed by atoms with van der Waals surface area (Å²) in [4.78, 5) is 12.3. The third kappa shape index (κ3) is 3.58. The smallest absolute Gasteiger partial charge is 0.330 e. The number of benzene rings is 1. The molecule has 4 nitrogen and oxygen atoms in total. The second kappa shape index (κ2) is 7.55. The third-order valence-electron chi connectivity index (χ3n) is 7.97. The summed E-state index contributed by atoms with van der Waals surface area (Å²) in [6.45, 7) is 14.3. The number of rotatable bonds is 5. The van der Waals surface area contributed by atoms with E-state index in [1.54, 1.807) is 18.2 Å². The molecule has 1 aromatic carbocycles. The standard InChI is InChI=1S/C25H34O4/c1-17-19(15-24(4)13-7-12-23(2,3)25(17,24)5)16-29-22(27)11-9-18-8-10-20(26)21(14-18)28-6/h8-11,14,19,26H,1,7,12-13,15-16H2,2-6H3/b11-9+/t19-,24+,25+/m0/s1. The lowest BCUT2D eigenvalue weighted by Gasteiger charge is -2.56. The van der Waals surface area contributed by atoms with E-state index in [4.69, 9.17) is 9.47 Å². The molecular formula is C25H34O4. The van der Waals surface area contributed by atoms with E-state index in [9.17, 15) is 9.90 Å². The minimum absolute atomic E-state index is 0.0633. The molecule has 0 aliphatic heterocycles. The van der Waals surface area contributed by atoms with Gasteiger partial charge < -0.3 is 14.6 Å². The van der Waals surface area contributed by atoms with Crippen molar-refractivity contribution in [2.24, 2.45) is 22.2 Å². The number of fused-ring (bicyclic) bond motifs is 1. The molecule has 158 valence electrons. The van der Waals surface area contributed by atoms with E-state index in [0.29, 0.717) is 12.4 Å². The first-order chi connectivity index (χ1) is 13.5. The molecule has 29 heavy (non-hydrogen) atoms. The SMILES string of the molecule is C=C1[C@H](COC(=O)/C=C/c2ccc(O)c(OC)c2)C[C@@]2(C)CCCC(C)(C)[C@@]12C. The number of esters is 1. The highest BCUT2D eigenvalue weighted by Crippen LogP contribution is 2.70. The maximum atomic E-state index is 12.3. The molecule has 0 unspecified atom stereocenters. The number of phenols is 1. The van der Waals surface area contributed by atoms with Gasteiger partial charge in [0.05, 0.1) is 13.7 Å². The zero-order chi connectivity index (χ0) is 21.4. The third-order valence-corrected chi connectivity index (χ3v) is 7.97. The van der Waals surface area contributed by atoms with Crippen LogP contribution in [-0.4, -0.2) is 24.8 Å². The molecule has 0 aromatic heterocycles. The molecule has 2 aliphatic rings. The Morgan fingerprint density at radius 3 is 2.66 bits per heavy atom. The Morgan fingerprint density at radius 1 is 1.28 bits per heavy atom. The molecule has 2 fully saturated rings. The highest BCUT2D eigenvalue weighted by atomic mass is 16.5. The quantitative estimate of drug-likeness (QED) is 0.389. The van der Waals surface area contributed by atoms with Crippen molar-refractivity contribution < 1.29 is 19.4 Å². The largest absolute Gasteiger partial charge is 0.504 e. The first kappa shape index (κ1) is 21.5. The highest BCUT2D eigenvalue weighted by molar-refractivity contribution is 5.87. The van der Waals surface area contributed by atoms with Crippen molar-refractivity contribution in [3.63, 3.8) is 0 Å². The Hall–Kier alpha value is -2.23. The summed E-state index contributed by atoms with van der Waals surface area (Å²) in [7, 11) is 1.49. The highest BCUT2D eigenvalue weighted by Gasteiger charge is 2.62. The second-order valence-corrected chi connectivity index (χ2v) is 9.74. The Morgan fingerprint density at radius 2 is 2.00 bits per heavy atom. The van der Waals surface area contributed by atoms with Crippen molar-refractivity contribution in [1.82, 2.24) is 0 Å². The van der Waals surface area contributed by atoms with Crippen LogP contribution in [0.4, 0.5) is 0 Å². The van der Waals surface area contributed by atoms with Crippen LogP contribution in [0.25, 0.3) is 6.08 Å². The number of ether oxygens (including phenoxy) is 2. The minimum Gasteiger partial charge on any atom is -0.504 e. The molecule has 1 aromatic rings. The van der Waals surface area contributed by atoms with Gasteiger partial charge in [-0.25, -0.2) is 4.79 Å². The zero-order valence-electron chi connectivity index (χ0n) is 18.4. The van der Waals surface area contributed by atoms with Crippen molar-refractivity contribution in [2.45, 2.75) is 53.4 Å². The Bertz CT molecular complexity index is 837. The fraction of sp³-hybridized carbons (Fsp3) is 0.560. The van der Waals surface area contributed by atoms with E-state index >= 15 is 0 Å². The number of hydrogen-bond acceptors (Lipinski definition) is 4. The van der Waals surface area contributed by atoms with Gasteiger partial charge in [0.25, 0.3) is 0 Å². The second-order valence-electron chi connectivity index (χ2n) is 9.74. The van der Waals surface area contributed by atoms with Crippen molar-refractivity contribution in [1.29, 1.82) is 0 Å². The molecule has 0 spiro atoms. The number of methoxy groups -OCH3 is 1. The number of hydrogen-bond donors (Lipinski definition) is 1. The lowest BCUT2D eigenvalue weighted by Crippen LogP contribution is -2.48. The van der Waals surface area contributed by atoms with Gasteiger partial charge >= 0.3 is 5.97 Å². The van der Waals surface area contributed by atoms with E-state index in [-0.39, 0.29) is 33.9 Å². The zero-order valence-corrected chi connectivity index (χ0v) is 18.4. The number of aromatic hydroxyl groups is 1. The van der Waals surface area contributed by atoms with Gasteiger partial charge in [0.2, 0.25) is 0 Å². The van der Waals surface area contributed by atoms with Crippen LogP contribution < -0.4 is 4.74 Å². The average Bonchev–Trinajstić information content (AvgIpc) is 2.88. The first-order valence-electron chi connectivity index (χ1n) is 10.5. The molecule has 0 bridgehead atoms. The Balaban J connectivity index is 1.65. The maximum Gasteiger partial charge on any atom is 0.330 e. The van der Waals surface area contributed by atoms with Crippen LogP contribution in [0.1, 0.15) is 58.9 Å². The lowest BCUT2D eigenvalue weighted by atomic mass is 9.48. The van der Waals surface area contributed by atoms with E-state index in [1.165, 1.54) is 44.1 Å². The molecule has 0 radical (unpaired) electrons. The topological polar surface area (TPSA) is 55.8 Å². The van der Waals surface area contributed by atoms with Gasteiger partial charge in [0.15, 0.2) is 11.5 Å². The molecule has 3 atom stereocenters. The van der Waals surface area contributed by atoms with E-state index < -0.39 is 0 Å². The molecule has 0 heterocycles. The van der Waals surface area contributed by atoms with Gasteiger partial charge in [-0.1, -0.05) is 52.3 Å². The average molecular weight is 399 g/mol. The van der Waals surface area contributed by atoms with Crippen molar-refractivity contribution in [2.75, 3.05) is 13.7 Å². The Labute approximate surface area is 174 Å². The molecule has 2 aliphatic carbocycles. The van der Waals surface area contributed by atoms with Gasteiger partial charge in [0, 0.05) is 12.0 Å². The predicted octanol–water partition coefficient (Wildman–Crippen LogP) is 5.76. The minimum atomic E-state index is -0.366. The molecule has 2 saturated carbocycles. The summed E-state index contributed by atoms with van der Waals surface area (Å²) in [5.74, 6) is 0.274. The molecule has 4 heteroatoms. The van der Waals surface area contributed by atoms with E-state index in [1.807, 2.05) is 0 Å². The predicted molar refractivity (Wildman–Crippen MR) is 116 cm³/mol. The number of phenolic OH excluding ortho intramolecular Hbond substituents is 1. The fourth-order valence-corrected chi connectivity index (χ4v) is 5.79. The van der Waals surface area contributed by atoms with Crippen molar-refractivity contribution in [3.8, 4) is 11.5 Å². The van der Waals surface area contributed by atoms with Gasteiger partial charge in [-0.15, -0.1) is 0 Å².